The molecule has 1 N–H and O–H groups in total. The number of benzene rings is 2. The van der Waals surface area contributed by atoms with Crippen LogP contribution < -0.4 is 14.9 Å². The first-order valence-corrected chi connectivity index (χ1v) is 9.23. The minimum Gasteiger partial charge on any atom is -0.477 e. The number of ether oxygens (including phenoxy) is 2. The standard InChI is InChI=1S/C22H17N3O7/c26-21(15-31-20-9-2-1-8-19(20)25(28)29)24-23-14-16-5-3-6-18(13-16)32-22(27)11-10-17-7-4-12-30-17/h1-14H,15H2,(H,24,26)/b11-10+,23-14+. The molecular weight excluding hydrogens is 418 g/mol. The Morgan fingerprint density at radius 1 is 1.12 bits per heavy atom. The summed E-state index contributed by atoms with van der Waals surface area (Å²) in [6.45, 7) is -0.456. The number of esters is 1. The van der Waals surface area contributed by atoms with Crippen molar-refractivity contribution in [3.63, 3.8) is 0 Å². The third kappa shape index (κ3) is 6.66. The molecule has 3 aromatic rings. The van der Waals surface area contributed by atoms with E-state index in [4.69, 9.17) is 13.9 Å². The molecule has 0 atom stereocenters. The minimum atomic E-state index is -0.606. The molecular formula is C22H17N3O7. The first-order valence-electron chi connectivity index (χ1n) is 9.23. The summed E-state index contributed by atoms with van der Waals surface area (Å²) in [4.78, 5) is 34.1. The maximum absolute atomic E-state index is 11.9. The fraction of sp³-hybridized carbons (Fsp3) is 0.0455. The average molecular weight is 435 g/mol. The van der Waals surface area contributed by atoms with Crippen LogP contribution in [-0.4, -0.2) is 29.6 Å². The molecule has 0 spiro atoms. The number of hydrogen-bond donors (Lipinski definition) is 1. The van der Waals surface area contributed by atoms with Gasteiger partial charge in [0.2, 0.25) is 0 Å². The van der Waals surface area contributed by atoms with Crippen LogP contribution in [0.5, 0.6) is 11.5 Å². The van der Waals surface area contributed by atoms with E-state index in [-0.39, 0.29) is 17.2 Å². The number of rotatable bonds is 9. The van der Waals surface area contributed by atoms with E-state index in [1.165, 1.54) is 42.8 Å². The molecule has 0 fully saturated rings. The summed E-state index contributed by atoms with van der Waals surface area (Å²) in [5, 5.41) is 14.7. The third-order valence-corrected chi connectivity index (χ3v) is 3.83. The molecule has 10 heteroatoms. The molecule has 1 amide bonds. The highest BCUT2D eigenvalue weighted by atomic mass is 16.6. The van der Waals surface area contributed by atoms with Crippen molar-refractivity contribution in [2.75, 3.05) is 6.61 Å². The lowest BCUT2D eigenvalue weighted by molar-refractivity contribution is -0.385. The molecule has 0 aliphatic carbocycles. The Hall–Kier alpha value is -4.73. The van der Waals surface area contributed by atoms with Gasteiger partial charge in [0.05, 0.1) is 17.4 Å². The normalized spacial score (nSPS) is 10.9. The average Bonchev–Trinajstić information content (AvgIpc) is 3.30. The molecule has 1 aromatic heterocycles. The number of carbonyl (C=O) groups is 2. The fourth-order valence-electron chi connectivity index (χ4n) is 2.43. The van der Waals surface area contributed by atoms with Gasteiger partial charge in [0, 0.05) is 12.1 Å². The van der Waals surface area contributed by atoms with Crippen LogP contribution in [0.4, 0.5) is 5.69 Å². The molecule has 3 rings (SSSR count). The van der Waals surface area contributed by atoms with Gasteiger partial charge >= 0.3 is 11.7 Å². The Labute approximate surface area is 181 Å². The van der Waals surface area contributed by atoms with Gasteiger partial charge in [-0.05, 0) is 42.0 Å². The minimum absolute atomic E-state index is 0.0211. The van der Waals surface area contributed by atoms with Crippen LogP contribution in [0, 0.1) is 10.1 Å². The quantitative estimate of drug-likeness (QED) is 0.136. The number of nitro benzene ring substituents is 1. The van der Waals surface area contributed by atoms with Crippen molar-refractivity contribution < 1.29 is 28.4 Å². The lowest BCUT2D eigenvalue weighted by atomic mass is 10.2. The molecule has 32 heavy (non-hydrogen) atoms. The number of carbonyl (C=O) groups excluding carboxylic acids is 2. The lowest BCUT2D eigenvalue weighted by Gasteiger charge is -2.05. The molecule has 2 aromatic carbocycles. The molecule has 162 valence electrons. The van der Waals surface area contributed by atoms with E-state index in [1.54, 1.807) is 42.5 Å². The predicted octanol–water partition coefficient (Wildman–Crippen LogP) is 3.34. The SMILES string of the molecule is O=C(COc1ccccc1[N+](=O)[O-])N/N=C/c1cccc(OC(=O)/C=C/c2ccco2)c1. The topological polar surface area (TPSA) is 133 Å². The number of nitrogens with one attached hydrogen (secondary N) is 1. The van der Waals surface area contributed by atoms with Gasteiger partial charge in [0.25, 0.3) is 5.91 Å². The van der Waals surface area contributed by atoms with Crippen LogP contribution in [-0.2, 0) is 9.59 Å². The Bertz CT molecular complexity index is 1150. The zero-order chi connectivity index (χ0) is 22.8. The molecule has 0 aliphatic heterocycles. The van der Waals surface area contributed by atoms with Crippen molar-refractivity contribution >= 4 is 29.9 Å². The van der Waals surface area contributed by atoms with Gasteiger partial charge in [-0.2, -0.15) is 5.10 Å². The number of para-hydroxylation sites is 2. The van der Waals surface area contributed by atoms with Crippen molar-refractivity contribution in [1.29, 1.82) is 0 Å². The summed E-state index contributed by atoms with van der Waals surface area (Å²) in [7, 11) is 0. The van der Waals surface area contributed by atoms with Gasteiger partial charge < -0.3 is 13.9 Å². The Balaban J connectivity index is 1.49. The van der Waals surface area contributed by atoms with Gasteiger partial charge in [-0.1, -0.05) is 24.3 Å². The summed E-state index contributed by atoms with van der Waals surface area (Å²) in [5.74, 6) is -0.410. The van der Waals surface area contributed by atoms with Crippen LogP contribution >= 0.6 is 0 Å². The Morgan fingerprint density at radius 3 is 2.75 bits per heavy atom. The second kappa shape index (κ2) is 10.9. The Morgan fingerprint density at radius 2 is 1.97 bits per heavy atom. The van der Waals surface area contributed by atoms with Crippen molar-refractivity contribution in [3.8, 4) is 11.5 Å². The van der Waals surface area contributed by atoms with Gasteiger partial charge in [-0.25, -0.2) is 10.2 Å². The number of hydrazone groups is 1. The van der Waals surface area contributed by atoms with E-state index in [9.17, 15) is 19.7 Å². The summed E-state index contributed by atoms with van der Waals surface area (Å²) in [6.07, 6.45) is 5.55. The summed E-state index contributed by atoms with van der Waals surface area (Å²) < 4.78 is 15.5. The molecule has 10 nitrogen and oxygen atoms in total. The van der Waals surface area contributed by atoms with E-state index in [2.05, 4.69) is 10.5 Å². The zero-order valence-corrected chi connectivity index (χ0v) is 16.5. The molecule has 0 bridgehead atoms. The summed E-state index contributed by atoms with van der Waals surface area (Å²) in [6, 6.07) is 15.6. The molecule has 0 saturated heterocycles. The van der Waals surface area contributed by atoms with Crippen LogP contribution in [0.1, 0.15) is 11.3 Å². The number of amides is 1. The largest absolute Gasteiger partial charge is 0.477 e. The number of furan rings is 1. The number of nitrogens with zero attached hydrogens (tertiary/aromatic N) is 2. The van der Waals surface area contributed by atoms with E-state index in [0.29, 0.717) is 11.3 Å². The molecule has 1 heterocycles. The first-order chi connectivity index (χ1) is 15.5. The molecule has 0 saturated carbocycles. The van der Waals surface area contributed by atoms with Gasteiger partial charge in [-0.15, -0.1) is 0 Å². The van der Waals surface area contributed by atoms with Crippen LogP contribution in [0.3, 0.4) is 0 Å². The molecule has 0 radical (unpaired) electrons. The van der Waals surface area contributed by atoms with Crippen LogP contribution in [0.25, 0.3) is 6.08 Å². The number of hydrogen-bond acceptors (Lipinski definition) is 8. The molecule has 0 aliphatic rings. The van der Waals surface area contributed by atoms with E-state index in [1.807, 2.05) is 0 Å². The second-order valence-electron chi connectivity index (χ2n) is 6.15. The van der Waals surface area contributed by atoms with Crippen molar-refractivity contribution in [1.82, 2.24) is 5.43 Å². The van der Waals surface area contributed by atoms with Crippen molar-refractivity contribution in [3.05, 3.63) is 94.4 Å². The van der Waals surface area contributed by atoms with E-state index < -0.39 is 23.4 Å². The maximum atomic E-state index is 11.9. The van der Waals surface area contributed by atoms with Gasteiger partial charge in [0.1, 0.15) is 11.5 Å². The highest BCUT2D eigenvalue weighted by Crippen LogP contribution is 2.25. The van der Waals surface area contributed by atoms with E-state index in [0.717, 1.165) is 0 Å². The highest BCUT2D eigenvalue weighted by Gasteiger charge is 2.14. The summed E-state index contributed by atoms with van der Waals surface area (Å²) in [5.41, 5.74) is 2.57. The first kappa shape index (κ1) is 22.0. The monoisotopic (exact) mass is 435 g/mol. The summed E-state index contributed by atoms with van der Waals surface area (Å²) >= 11 is 0. The second-order valence-corrected chi connectivity index (χ2v) is 6.15. The van der Waals surface area contributed by atoms with Gasteiger partial charge in [-0.3, -0.25) is 14.9 Å². The van der Waals surface area contributed by atoms with Crippen LogP contribution in [0.2, 0.25) is 0 Å². The molecule has 0 unspecified atom stereocenters. The highest BCUT2D eigenvalue weighted by molar-refractivity contribution is 5.89. The van der Waals surface area contributed by atoms with Gasteiger partial charge in [0.15, 0.2) is 12.4 Å². The third-order valence-electron chi connectivity index (χ3n) is 3.83. The number of nitro groups is 1. The fourth-order valence-corrected chi connectivity index (χ4v) is 2.43. The lowest BCUT2D eigenvalue weighted by Crippen LogP contribution is -2.24. The Kier molecular flexibility index (Phi) is 7.47. The zero-order valence-electron chi connectivity index (χ0n) is 16.5. The maximum Gasteiger partial charge on any atom is 0.336 e. The van der Waals surface area contributed by atoms with Crippen LogP contribution in [0.15, 0.2) is 82.5 Å². The van der Waals surface area contributed by atoms with E-state index >= 15 is 0 Å². The smallest absolute Gasteiger partial charge is 0.336 e. The van der Waals surface area contributed by atoms with Crippen molar-refractivity contribution in [2.45, 2.75) is 0 Å². The van der Waals surface area contributed by atoms with Crippen molar-refractivity contribution in [2.24, 2.45) is 5.10 Å². The predicted molar refractivity (Wildman–Crippen MR) is 114 cm³/mol.